The predicted molar refractivity (Wildman–Crippen MR) is 90.8 cm³/mol. The molecule has 0 amide bonds. The third-order valence-corrected chi connectivity index (χ3v) is 5.18. The van der Waals surface area contributed by atoms with E-state index in [1.165, 1.54) is 44.9 Å². The monoisotopic (exact) mass is 324 g/mol. The Hall–Kier alpha value is -1.12. The maximum Gasteiger partial charge on any atom is 0.200 e. The lowest BCUT2D eigenvalue weighted by atomic mass is 9.78. The van der Waals surface area contributed by atoms with Crippen LogP contribution < -0.4 is 4.74 Å². The molecule has 0 aromatic heterocycles. The molecule has 1 fully saturated rings. The molecule has 1 aromatic carbocycles. The zero-order valence-electron chi connectivity index (χ0n) is 14.5. The van der Waals surface area contributed by atoms with Crippen molar-refractivity contribution in [2.75, 3.05) is 6.61 Å². The normalized spacial score (nSPS) is 21.4. The van der Waals surface area contributed by atoms with Crippen molar-refractivity contribution in [1.29, 1.82) is 0 Å². The molecule has 130 valence electrons. The summed E-state index contributed by atoms with van der Waals surface area (Å²) >= 11 is 0. The number of hydrogen-bond acceptors (Lipinski definition) is 1. The summed E-state index contributed by atoms with van der Waals surface area (Å²) in [7, 11) is 0. The summed E-state index contributed by atoms with van der Waals surface area (Å²) in [4.78, 5) is 0. The maximum absolute atomic E-state index is 14.1. The lowest BCUT2D eigenvalue weighted by Crippen LogP contribution is -2.15. The lowest BCUT2D eigenvalue weighted by molar-refractivity contribution is 0.249. The minimum Gasteiger partial charge on any atom is -0.491 e. The van der Waals surface area contributed by atoms with Gasteiger partial charge in [0.15, 0.2) is 11.6 Å². The number of aryl methyl sites for hydroxylation is 1. The van der Waals surface area contributed by atoms with Gasteiger partial charge in [-0.3, -0.25) is 0 Å². The van der Waals surface area contributed by atoms with Crippen LogP contribution in [0.4, 0.5) is 8.78 Å². The summed E-state index contributed by atoms with van der Waals surface area (Å²) in [5.74, 6) is 0.0122. The highest BCUT2D eigenvalue weighted by molar-refractivity contribution is 5.31. The first-order valence-corrected chi connectivity index (χ1v) is 9.25. The van der Waals surface area contributed by atoms with Gasteiger partial charge in [-0.1, -0.05) is 57.9 Å². The summed E-state index contributed by atoms with van der Waals surface area (Å²) < 4.78 is 33.1. The smallest absolute Gasteiger partial charge is 0.200 e. The number of unbranched alkanes of at least 4 members (excludes halogenated alkanes) is 1. The van der Waals surface area contributed by atoms with Crippen molar-refractivity contribution in [3.8, 4) is 5.75 Å². The molecule has 1 aliphatic carbocycles. The van der Waals surface area contributed by atoms with Crippen molar-refractivity contribution >= 4 is 0 Å². The van der Waals surface area contributed by atoms with Crippen LogP contribution in [0.3, 0.4) is 0 Å². The largest absolute Gasteiger partial charge is 0.491 e. The van der Waals surface area contributed by atoms with E-state index >= 15 is 0 Å². The average Bonchev–Trinajstić information content (AvgIpc) is 2.57. The minimum atomic E-state index is -0.840. The van der Waals surface area contributed by atoms with Gasteiger partial charge in [0.25, 0.3) is 0 Å². The molecule has 0 aliphatic heterocycles. The van der Waals surface area contributed by atoms with Crippen molar-refractivity contribution in [2.45, 2.75) is 71.6 Å². The van der Waals surface area contributed by atoms with Crippen molar-refractivity contribution in [1.82, 2.24) is 0 Å². The van der Waals surface area contributed by atoms with Crippen molar-refractivity contribution in [2.24, 2.45) is 11.8 Å². The summed E-state index contributed by atoms with van der Waals surface area (Å²) in [6.07, 6.45) is 10.7. The third-order valence-electron chi connectivity index (χ3n) is 5.18. The molecule has 1 saturated carbocycles. The van der Waals surface area contributed by atoms with Gasteiger partial charge in [0.05, 0.1) is 6.61 Å². The molecule has 1 aliphatic rings. The van der Waals surface area contributed by atoms with Crippen LogP contribution in [0.1, 0.15) is 70.8 Å². The molecular formula is C20H30F2O. The van der Waals surface area contributed by atoms with Crippen LogP contribution in [0.5, 0.6) is 5.75 Å². The second-order valence-corrected chi connectivity index (χ2v) is 6.85. The number of ether oxygens (including phenoxy) is 1. The fourth-order valence-electron chi connectivity index (χ4n) is 3.69. The molecule has 0 bridgehead atoms. The molecule has 1 aromatic rings. The molecule has 23 heavy (non-hydrogen) atoms. The van der Waals surface area contributed by atoms with Crippen LogP contribution in [0, 0.1) is 23.5 Å². The summed E-state index contributed by atoms with van der Waals surface area (Å²) in [6, 6.07) is 3.23. The van der Waals surface area contributed by atoms with Gasteiger partial charge < -0.3 is 4.74 Å². The molecule has 0 spiro atoms. The zero-order valence-corrected chi connectivity index (χ0v) is 14.5. The fourth-order valence-corrected chi connectivity index (χ4v) is 3.69. The average molecular weight is 324 g/mol. The Morgan fingerprint density at radius 3 is 2.22 bits per heavy atom. The molecule has 3 heteroatoms. The van der Waals surface area contributed by atoms with E-state index in [0.29, 0.717) is 24.5 Å². The van der Waals surface area contributed by atoms with Gasteiger partial charge in [0, 0.05) is 0 Å². The molecule has 0 heterocycles. The van der Waals surface area contributed by atoms with E-state index in [2.05, 4.69) is 6.92 Å². The number of rotatable bonds is 8. The number of benzene rings is 1. The molecule has 0 unspecified atom stereocenters. The van der Waals surface area contributed by atoms with E-state index in [1.807, 2.05) is 0 Å². The van der Waals surface area contributed by atoms with Gasteiger partial charge in [0.1, 0.15) is 0 Å². The molecule has 1 nitrogen and oxygen atoms in total. The lowest BCUT2D eigenvalue weighted by Gasteiger charge is -2.28. The summed E-state index contributed by atoms with van der Waals surface area (Å²) in [5.41, 5.74) is 0.485. The molecule has 0 atom stereocenters. The quantitative estimate of drug-likeness (QED) is 0.546. The van der Waals surface area contributed by atoms with Crippen molar-refractivity contribution < 1.29 is 13.5 Å². The molecule has 0 N–H and O–H groups in total. The Labute approximate surface area is 139 Å². The summed E-state index contributed by atoms with van der Waals surface area (Å²) in [6.45, 7) is 4.36. The van der Waals surface area contributed by atoms with E-state index in [-0.39, 0.29) is 5.75 Å². The third kappa shape index (κ3) is 5.19. The van der Waals surface area contributed by atoms with Gasteiger partial charge in [-0.15, -0.1) is 0 Å². The molecule has 0 radical (unpaired) electrons. The van der Waals surface area contributed by atoms with Crippen molar-refractivity contribution in [3.05, 3.63) is 29.3 Å². The van der Waals surface area contributed by atoms with Gasteiger partial charge in [-0.2, -0.15) is 4.39 Å². The van der Waals surface area contributed by atoms with Crippen LogP contribution in [0.15, 0.2) is 12.1 Å². The highest BCUT2D eigenvalue weighted by Crippen LogP contribution is 2.34. The van der Waals surface area contributed by atoms with E-state index < -0.39 is 11.6 Å². The van der Waals surface area contributed by atoms with Gasteiger partial charge in [-0.25, -0.2) is 4.39 Å². The first-order valence-electron chi connectivity index (χ1n) is 9.25. The Kier molecular flexibility index (Phi) is 7.32. The Morgan fingerprint density at radius 2 is 1.61 bits per heavy atom. The van der Waals surface area contributed by atoms with Crippen LogP contribution in [0.2, 0.25) is 0 Å². The first-order chi connectivity index (χ1) is 11.2. The predicted octanol–water partition coefficient (Wildman–Crippen LogP) is 6.29. The first kappa shape index (κ1) is 18.2. The maximum atomic E-state index is 14.1. The summed E-state index contributed by atoms with van der Waals surface area (Å²) in [5, 5.41) is 0. The van der Waals surface area contributed by atoms with Gasteiger partial charge >= 0.3 is 0 Å². The zero-order chi connectivity index (χ0) is 16.7. The second-order valence-electron chi connectivity index (χ2n) is 6.85. The molecule has 2 rings (SSSR count). The standard InChI is InChI=1S/C20H30F2O/c1-3-5-6-15-7-9-16(10-8-15)11-12-17-13-14-18(23-4-2)20(22)19(17)21/h13-16H,3-12H2,1-2H3/t15-,16-. The van der Waals surface area contributed by atoms with E-state index in [0.717, 1.165) is 12.3 Å². The van der Waals surface area contributed by atoms with Gasteiger partial charge in [0.2, 0.25) is 5.82 Å². The fraction of sp³-hybridized carbons (Fsp3) is 0.700. The second kappa shape index (κ2) is 9.24. The Bertz CT molecular complexity index is 479. The van der Waals surface area contributed by atoms with E-state index in [1.54, 1.807) is 19.1 Å². The van der Waals surface area contributed by atoms with Crippen LogP contribution in [0.25, 0.3) is 0 Å². The van der Waals surface area contributed by atoms with Crippen molar-refractivity contribution in [3.63, 3.8) is 0 Å². The SMILES string of the molecule is CCCC[C@H]1CC[C@H](CCc2ccc(OCC)c(F)c2F)CC1. The van der Waals surface area contributed by atoms with E-state index in [4.69, 9.17) is 4.74 Å². The topological polar surface area (TPSA) is 9.23 Å². The highest BCUT2D eigenvalue weighted by Gasteiger charge is 2.21. The van der Waals surface area contributed by atoms with Crippen LogP contribution in [-0.4, -0.2) is 6.61 Å². The molecular weight excluding hydrogens is 294 g/mol. The Morgan fingerprint density at radius 1 is 0.957 bits per heavy atom. The van der Waals surface area contributed by atoms with E-state index in [9.17, 15) is 8.78 Å². The molecule has 0 saturated heterocycles. The van der Waals surface area contributed by atoms with Crippen LogP contribution in [-0.2, 0) is 6.42 Å². The Balaban J connectivity index is 1.82. The highest BCUT2D eigenvalue weighted by atomic mass is 19.2. The minimum absolute atomic E-state index is 0.0187. The van der Waals surface area contributed by atoms with Crippen LogP contribution >= 0.6 is 0 Å². The van der Waals surface area contributed by atoms with Gasteiger partial charge in [-0.05, 0) is 43.2 Å². The number of hydrogen-bond donors (Lipinski definition) is 0. The number of halogens is 2.